The summed E-state index contributed by atoms with van der Waals surface area (Å²) in [5.41, 5.74) is 6.43. The molecule has 0 bridgehead atoms. The molecule has 1 N–H and O–H groups in total. The van der Waals surface area contributed by atoms with Gasteiger partial charge in [0.15, 0.2) is 5.11 Å². The number of hydrogen-bond acceptors (Lipinski definition) is 4. The number of ether oxygens (including phenoxy) is 1. The van der Waals surface area contributed by atoms with E-state index >= 15 is 0 Å². The van der Waals surface area contributed by atoms with E-state index in [0.717, 1.165) is 34.0 Å². The molecule has 2 atom stereocenters. The van der Waals surface area contributed by atoms with E-state index in [1.165, 1.54) is 7.11 Å². The maximum atomic E-state index is 12.2. The molecule has 8 heteroatoms. The molecule has 4 aromatic rings. The van der Waals surface area contributed by atoms with Crippen molar-refractivity contribution >= 4 is 40.6 Å². The fourth-order valence-electron chi connectivity index (χ4n) is 4.92. The standard InChI is InChI=1S/C28H25ClN4O2S/c1-17-15-23(18(2)32(17)22-8-6-7-19(16-22)27(34)35-3)26-25(24-9-4-5-14-30-24)31-28(36)33(26)21-12-10-20(29)11-13-21/h4-16,25-26H,1-3H3,(H,31,36)/t25-,26-/m1/s1. The second kappa shape index (κ2) is 9.76. The van der Waals surface area contributed by atoms with Gasteiger partial charge in [-0.3, -0.25) is 4.98 Å². The molecular weight excluding hydrogens is 492 g/mol. The zero-order valence-corrected chi connectivity index (χ0v) is 21.7. The first-order valence-electron chi connectivity index (χ1n) is 11.5. The van der Waals surface area contributed by atoms with Crippen LogP contribution < -0.4 is 10.2 Å². The first kappa shape index (κ1) is 24.0. The van der Waals surface area contributed by atoms with Crippen molar-refractivity contribution in [1.82, 2.24) is 14.9 Å². The summed E-state index contributed by atoms with van der Waals surface area (Å²) >= 11 is 12.0. The van der Waals surface area contributed by atoms with Crippen molar-refractivity contribution in [2.24, 2.45) is 0 Å². The number of benzene rings is 2. The SMILES string of the molecule is COC(=O)c1cccc(-n2c(C)cc([C@@H]3[C@@H](c4ccccn4)NC(=S)N3c3ccc(Cl)cc3)c2C)c1. The van der Waals surface area contributed by atoms with E-state index < -0.39 is 0 Å². The highest BCUT2D eigenvalue weighted by Gasteiger charge is 2.42. The van der Waals surface area contributed by atoms with Crippen LogP contribution >= 0.6 is 23.8 Å². The van der Waals surface area contributed by atoms with Crippen LogP contribution in [0.2, 0.25) is 5.02 Å². The van der Waals surface area contributed by atoms with Gasteiger partial charge in [0.25, 0.3) is 0 Å². The molecule has 2 aromatic carbocycles. The van der Waals surface area contributed by atoms with Gasteiger partial charge in [-0.25, -0.2) is 4.79 Å². The van der Waals surface area contributed by atoms with Crippen LogP contribution in [0.4, 0.5) is 5.69 Å². The number of rotatable bonds is 5. The number of aromatic nitrogens is 2. The Hall–Kier alpha value is -3.68. The third kappa shape index (κ3) is 4.25. The zero-order valence-electron chi connectivity index (χ0n) is 20.1. The zero-order chi connectivity index (χ0) is 25.4. The fraction of sp³-hybridized carbons (Fsp3) is 0.179. The largest absolute Gasteiger partial charge is 0.465 e. The highest BCUT2D eigenvalue weighted by Crippen LogP contribution is 2.43. The molecule has 2 aromatic heterocycles. The number of pyridine rings is 1. The second-order valence-electron chi connectivity index (χ2n) is 8.68. The van der Waals surface area contributed by atoms with E-state index in [-0.39, 0.29) is 18.1 Å². The van der Waals surface area contributed by atoms with Gasteiger partial charge in [-0.15, -0.1) is 0 Å². The average molecular weight is 517 g/mol. The van der Waals surface area contributed by atoms with Crippen molar-refractivity contribution in [2.45, 2.75) is 25.9 Å². The molecule has 1 fully saturated rings. The highest BCUT2D eigenvalue weighted by molar-refractivity contribution is 7.80. The van der Waals surface area contributed by atoms with Crippen LogP contribution in [0.25, 0.3) is 5.69 Å². The van der Waals surface area contributed by atoms with Gasteiger partial charge in [-0.2, -0.15) is 0 Å². The fourth-order valence-corrected chi connectivity index (χ4v) is 5.40. The van der Waals surface area contributed by atoms with Crippen LogP contribution in [0.3, 0.4) is 0 Å². The van der Waals surface area contributed by atoms with Crippen molar-refractivity contribution in [1.29, 1.82) is 0 Å². The smallest absolute Gasteiger partial charge is 0.337 e. The Morgan fingerprint density at radius 2 is 1.81 bits per heavy atom. The summed E-state index contributed by atoms with van der Waals surface area (Å²) < 4.78 is 7.08. The van der Waals surface area contributed by atoms with Crippen LogP contribution in [0, 0.1) is 13.8 Å². The lowest BCUT2D eigenvalue weighted by atomic mass is 9.96. The third-order valence-electron chi connectivity index (χ3n) is 6.52. The Labute approximate surface area is 220 Å². The summed E-state index contributed by atoms with van der Waals surface area (Å²) in [4.78, 5) is 18.9. The van der Waals surface area contributed by atoms with Gasteiger partial charge < -0.3 is 19.5 Å². The van der Waals surface area contributed by atoms with Crippen LogP contribution in [-0.2, 0) is 4.74 Å². The van der Waals surface area contributed by atoms with Gasteiger partial charge in [-0.1, -0.05) is 23.7 Å². The summed E-state index contributed by atoms with van der Waals surface area (Å²) in [5, 5.41) is 4.79. The summed E-state index contributed by atoms with van der Waals surface area (Å²) in [6.07, 6.45) is 1.80. The van der Waals surface area contributed by atoms with Crippen LogP contribution in [-0.4, -0.2) is 27.7 Å². The van der Waals surface area contributed by atoms with E-state index in [0.29, 0.717) is 15.7 Å². The molecule has 3 heterocycles. The van der Waals surface area contributed by atoms with E-state index in [2.05, 4.69) is 39.7 Å². The lowest BCUT2D eigenvalue weighted by Gasteiger charge is -2.28. The Bertz CT molecular complexity index is 1440. The molecule has 36 heavy (non-hydrogen) atoms. The third-order valence-corrected chi connectivity index (χ3v) is 7.08. The maximum Gasteiger partial charge on any atom is 0.337 e. The number of anilines is 1. The number of aryl methyl sites for hydroxylation is 1. The van der Waals surface area contributed by atoms with Gasteiger partial charge in [0.05, 0.1) is 30.5 Å². The Kier molecular flexibility index (Phi) is 6.51. The van der Waals surface area contributed by atoms with Crippen molar-refractivity contribution in [3.63, 3.8) is 0 Å². The Balaban J connectivity index is 1.66. The van der Waals surface area contributed by atoms with E-state index in [1.807, 2.05) is 60.7 Å². The van der Waals surface area contributed by atoms with Crippen molar-refractivity contribution in [2.75, 3.05) is 12.0 Å². The number of methoxy groups -OCH3 is 1. The molecule has 182 valence electrons. The topological polar surface area (TPSA) is 59.4 Å². The van der Waals surface area contributed by atoms with Gasteiger partial charge in [-0.05, 0) is 92.3 Å². The molecule has 0 saturated carbocycles. The minimum Gasteiger partial charge on any atom is -0.465 e. The summed E-state index contributed by atoms with van der Waals surface area (Å²) in [6.45, 7) is 4.15. The number of nitrogens with zero attached hydrogens (tertiary/aromatic N) is 3. The van der Waals surface area contributed by atoms with Crippen molar-refractivity contribution in [3.8, 4) is 5.69 Å². The summed E-state index contributed by atoms with van der Waals surface area (Å²) in [7, 11) is 1.39. The number of hydrogen-bond donors (Lipinski definition) is 1. The molecule has 1 saturated heterocycles. The Morgan fingerprint density at radius 3 is 2.50 bits per heavy atom. The lowest BCUT2D eigenvalue weighted by Crippen LogP contribution is -2.29. The molecular formula is C28H25ClN4O2S. The minimum atomic E-state index is -0.367. The predicted octanol–water partition coefficient (Wildman–Crippen LogP) is 6.11. The normalized spacial score (nSPS) is 17.2. The first-order valence-corrected chi connectivity index (χ1v) is 12.3. The molecule has 1 aliphatic heterocycles. The number of carbonyl (C=O) groups is 1. The Morgan fingerprint density at radius 1 is 1.03 bits per heavy atom. The average Bonchev–Trinajstić information content (AvgIpc) is 3.39. The van der Waals surface area contributed by atoms with Gasteiger partial charge in [0.1, 0.15) is 0 Å². The van der Waals surface area contributed by atoms with Crippen LogP contribution in [0.15, 0.2) is 79.0 Å². The van der Waals surface area contributed by atoms with Gasteiger partial charge in [0.2, 0.25) is 0 Å². The monoisotopic (exact) mass is 516 g/mol. The van der Waals surface area contributed by atoms with Gasteiger partial charge in [0, 0.05) is 34.0 Å². The summed E-state index contributed by atoms with van der Waals surface area (Å²) in [5.74, 6) is -0.367. The van der Waals surface area contributed by atoms with E-state index in [4.69, 9.17) is 28.6 Å². The van der Waals surface area contributed by atoms with Crippen LogP contribution in [0.1, 0.15) is 45.1 Å². The van der Waals surface area contributed by atoms with Crippen LogP contribution in [0.5, 0.6) is 0 Å². The van der Waals surface area contributed by atoms with Crippen molar-refractivity contribution in [3.05, 3.63) is 112 Å². The highest BCUT2D eigenvalue weighted by atomic mass is 35.5. The number of halogens is 1. The van der Waals surface area contributed by atoms with E-state index in [1.54, 1.807) is 12.3 Å². The van der Waals surface area contributed by atoms with E-state index in [9.17, 15) is 4.79 Å². The quantitative estimate of drug-likeness (QED) is 0.255. The number of nitrogens with one attached hydrogen (secondary N) is 1. The molecule has 0 aliphatic carbocycles. The number of esters is 1. The number of carbonyl (C=O) groups excluding carboxylic acids is 1. The molecule has 0 unspecified atom stereocenters. The molecule has 0 radical (unpaired) electrons. The first-order chi connectivity index (χ1) is 17.4. The molecule has 5 rings (SSSR count). The lowest BCUT2D eigenvalue weighted by molar-refractivity contribution is 0.0600. The maximum absolute atomic E-state index is 12.2. The molecule has 0 spiro atoms. The van der Waals surface area contributed by atoms with Gasteiger partial charge >= 0.3 is 5.97 Å². The van der Waals surface area contributed by atoms with Crippen molar-refractivity contribution < 1.29 is 9.53 Å². The molecule has 1 aliphatic rings. The predicted molar refractivity (Wildman–Crippen MR) is 146 cm³/mol. The molecule has 0 amide bonds. The minimum absolute atomic E-state index is 0.155. The second-order valence-corrected chi connectivity index (χ2v) is 9.50. The summed E-state index contributed by atoms with van der Waals surface area (Å²) in [6, 6.07) is 22.9. The number of thiocarbonyl (C=S) groups is 1. The molecule has 6 nitrogen and oxygen atoms in total.